The van der Waals surface area contributed by atoms with Gasteiger partial charge in [0.15, 0.2) is 0 Å². The van der Waals surface area contributed by atoms with Gasteiger partial charge in [-0.3, -0.25) is 0 Å². The van der Waals surface area contributed by atoms with Gasteiger partial charge in [-0.15, -0.1) is 11.8 Å². The first-order valence-corrected chi connectivity index (χ1v) is 6.68. The molecule has 1 rings (SSSR count). The number of rotatable bonds is 3. The molecule has 0 bridgehead atoms. The van der Waals surface area contributed by atoms with Gasteiger partial charge in [0.1, 0.15) is 4.83 Å². The van der Waals surface area contributed by atoms with Crippen molar-refractivity contribution in [3.8, 4) is 0 Å². The summed E-state index contributed by atoms with van der Waals surface area (Å²) >= 11 is 7.05. The van der Waals surface area contributed by atoms with Crippen molar-refractivity contribution in [3.63, 3.8) is 0 Å². The van der Waals surface area contributed by atoms with Crippen LogP contribution < -0.4 is 0 Å². The molecule has 0 spiro atoms. The highest BCUT2D eigenvalue weighted by atomic mass is 79.9. The van der Waals surface area contributed by atoms with Crippen LogP contribution in [0.5, 0.6) is 0 Å². The first-order chi connectivity index (χ1) is 6.89. The fraction of sp³-hybridized carbons (Fsp3) is 0.333. The molecule has 1 unspecified atom stereocenters. The lowest BCUT2D eigenvalue weighted by Crippen LogP contribution is -2.24. The third-order valence-corrected chi connectivity index (χ3v) is 4.40. The Hall–Kier alpha value is 0.320. The van der Waals surface area contributed by atoms with Crippen LogP contribution in [0.1, 0.15) is 0 Å². The number of hydrogen-bond donors (Lipinski definition) is 0. The zero-order valence-electron chi connectivity index (χ0n) is 7.39. The van der Waals surface area contributed by atoms with Crippen LogP contribution in [0.4, 0.5) is 13.2 Å². The normalized spacial score (nSPS) is 13.9. The van der Waals surface area contributed by atoms with Crippen molar-refractivity contribution in [3.05, 3.63) is 28.7 Å². The van der Waals surface area contributed by atoms with Gasteiger partial charge in [-0.05, 0) is 18.2 Å². The molecule has 0 aliphatic carbocycles. The molecule has 0 fully saturated rings. The predicted octanol–water partition coefficient (Wildman–Crippen LogP) is 4.87. The summed E-state index contributed by atoms with van der Waals surface area (Å²) in [6.07, 6.45) is -4.18. The highest BCUT2D eigenvalue weighted by molar-refractivity contribution is 9.10. The van der Waals surface area contributed by atoms with E-state index in [0.29, 0.717) is 0 Å². The molecule has 0 saturated carbocycles. The first kappa shape index (κ1) is 13.4. The van der Waals surface area contributed by atoms with E-state index < -0.39 is 11.0 Å². The minimum absolute atomic E-state index is 0.0278. The van der Waals surface area contributed by atoms with Crippen LogP contribution in [0.25, 0.3) is 0 Å². The predicted molar refractivity (Wildman–Crippen MR) is 63.6 cm³/mol. The van der Waals surface area contributed by atoms with Crippen molar-refractivity contribution in [1.82, 2.24) is 0 Å². The van der Waals surface area contributed by atoms with E-state index in [1.807, 2.05) is 6.07 Å². The van der Waals surface area contributed by atoms with Gasteiger partial charge in [0.25, 0.3) is 0 Å². The maximum atomic E-state index is 12.2. The lowest BCUT2D eigenvalue weighted by atomic mass is 10.4. The Labute approximate surface area is 107 Å². The maximum Gasteiger partial charge on any atom is 0.402 e. The number of thioether (sulfide) groups is 1. The number of alkyl halides is 4. The Balaban J connectivity index is 2.51. The standard InChI is InChI=1S/C9H7Br2F3S/c10-6-2-1-3-7(4-6)15-5-8(11)9(12,13)14/h1-4,8H,5H2. The van der Waals surface area contributed by atoms with E-state index in [9.17, 15) is 13.2 Å². The van der Waals surface area contributed by atoms with Crippen molar-refractivity contribution < 1.29 is 13.2 Å². The van der Waals surface area contributed by atoms with Crippen molar-refractivity contribution in [2.75, 3.05) is 5.75 Å². The van der Waals surface area contributed by atoms with Gasteiger partial charge in [-0.25, -0.2) is 0 Å². The van der Waals surface area contributed by atoms with E-state index in [4.69, 9.17) is 0 Å². The summed E-state index contributed by atoms with van der Waals surface area (Å²) < 4.78 is 37.4. The van der Waals surface area contributed by atoms with Crippen molar-refractivity contribution in [1.29, 1.82) is 0 Å². The Morgan fingerprint density at radius 3 is 2.53 bits per heavy atom. The maximum absolute atomic E-state index is 12.2. The minimum atomic E-state index is -4.18. The Morgan fingerprint density at radius 2 is 2.00 bits per heavy atom. The molecular weight excluding hydrogens is 357 g/mol. The molecule has 1 aromatic carbocycles. The summed E-state index contributed by atoms with van der Waals surface area (Å²) in [6, 6.07) is 7.20. The molecule has 0 saturated heterocycles. The summed E-state index contributed by atoms with van der Waals surface area (Å²) in [5, 5.41) is 0. The van der Waals surface area contributed by atoms with Crippen LogP contribution in [-0.4, -0.2) is 16.8 Å². The second-order valence-corrected chi connectivity index (χ2v) is 5.89. The molecule has 0 aromatic heterocycles. The molecule has 0 radical (unpaired) electrons. The summed E-state index contributed by atoms with van der Waals surface area (Å²) in [5.74, 6) is -0.0278. The zero-order valence-corrected chi connectivity index (χ0v) is 11.4. The van der Waals surface area contributed by atoms with E-state index in [2.05, 4.69) is 31.9 Å². The topological polar surface area (TPSA) is 0 Å². The second kappa shape index (κ2) is 5.59. The van der Waals surface area contributed by atoms with Crippen molar-refractivity contribution in [2.24, 2.45) is 0 Å². The number of hydrogen-bond acceptors (Lipinski definition) is 1. The van der Waals surface area contributed by atoms with Gasteiger partial charge in [0.05, 0.1) is 0 Å². The summed E-state index contributed by atoms with van der Waals surface area (Å²) in [4.78, 5) is -0.646. The molecule has 6 heteroatoms. The molecule has 84 valence electrons. The van der Waals surface area contributed by atoms with Crippen LogP contribution in [0.3, 0.4) is 0 Å². The molecule has 0 aliphatic heterocycles. The van der Waals surface area contributed by atoms with E-state index in [1.54, 1.807) is 18.2 Å². The Morgan fingerprint density at radius 1 is 1.33 bits per heavy atom. The average molecular weight is 364 g/mol. The highest BCUT2D eigenvalue weighted by Crippen LogP contribution is 2.32. The van der Waals surface area contributed by atoms with Gasteiger partial charge in [0, 0.05) is 15.1 Å². The van der Waals surface area contributed by atoms with Crippen molar-refractivity contribution >= 4 is 43.6 Å². The minimum Gasteiger partial charge on any atom is -0.170 e. The SMILES string of the molecule is FC(F)(F)C(Br)CSc1cccc(Br)c1. The van der Waals surface area contributed by atoms with E-state index in [-0.39, 0.29) is 5.75 Å². The van der Waals surface area contributed by atoms with Gasteiger partial charge >= 0.3 is 6.18 Å². The number of halogens is 5. The Kier molecular flexibility index (Phi) is 4.99. The van der Waals surface area contributed by atoms with Crippen LogP contribution in [-0.2, 0) is 0 Å². The quantitative estimate of drug-likeness (QED) is 0.545. The summed E-state index contributed by atoms with van der Waals surface area (Å²) in [7, 11) is 0. The van der Waals surface area contributed by atoms with Gasteiger partial charge < -0.3 is 0 Å². The zero-order chi connectivity index (χ0) is 11.5. The third-order valence-electron chi connectivity index (χ3n) is 1.55. The summed E-state index contributed by atoms with van der Waals surface area (Å²) in [5.41, 5.74) is 0. The third kappa shape index (κ3) is 4.78. The van der Waals surface area contributed by atoms with Crippen LogP contribution in [0.15, 0.2) is 33.6 Å². The van der Waals surface area contributed by atoms with E-state index >= 15 is 0 Å². The van der Waals surface area contributed by atoms with Gasteiger partial charge in [-0.1, -0.05) is 37.9 Å². The number of benzene rings is 1. The van der Waals surface area contributed by atoms with Gasteiger partial charge in [0.2, 0.25) is 0 Å². The molecule has 1 aromatic rings. The molecule has 0 nitrogen and oxygen atoms in total. The van der Waals surface area contributed by atoms with E-state index in [0.717, 1.165) is 9.37 Å². The van der Waals surface area contributed by atoms with Gasteiger partial charge in [-0.2, -0.15) is 13.2 Å². The van der Waals surface area contributed by atoms with Crippen LogP contribution in [0, 0.1) is 0 Å². The molecular formula is C9H7Br2F3S. The van der Waals surface area contributed by atoms with Crippen LogP contribution >= 0.6 is 43.6 Å². The van der Waals surface area contributed by atoms with Crippen molar-refractivity contribution in [2.45, 2.75) is 15.9 Å². The molecule has 0 heterocycles. The average Bonchev–Trinajstić information content (AvgIpc) is 2.12. The molecule has 15 heavy (non-hydrogen) atoms. The molecule has 0 amide bonds. The lowest BCUT2D eigenvalue weighted by molar-refractivity contribution is -0.122. The second-order valence-electron chi connectivity index (χ2n) is 2.78. The highest BCUT2D eigenvalue weighted by Gasteiger charge is 2.37. The summed E-state index contributed by atoms with van der Waals surface area (Å²) in [6.45, 7) is 0. The largest absolute Gasteiger partial charge is 0.402 e. The van der Waals surface area contributed by atoms with E-state index in [1.165, 1.54) is 11.8 Å². The molecule has 0 N–H and O–H groups in total. The molecule has 1 atom stereocenters. The van der Waals surface area contributed by atoms with Crippen LogP contribution in [0.2, 0.25) is 0 Å². The lowest BCUT2D eigenvalue weighted by Gasteiger charge is -2.13. The fourth-order valence-electron chi connectivity index (χ4n) is 0.821. The monoisotopic (exact) mass is 362 g/mol. The Bertz CT molecular complexity index is 327. The first-order valence-electron chi connectivity index (χ1n) is 3.99. The molecule has 0 aliphatic rings. The fourth-order valence-corrected chi connectivity index (χ4v) is 2.68. The smallest absolute Gasteiger partial charge is 0.170 e.